The normalized spacial score (nSPS) is 9.23. The van der Waals surface area contributed by atoms with E-state index in [2.05, 4.69) is 13.2 Å². The lowest BCUT2D eigenvalue weighted by molar-refractivity contribution is -0.130. The molecule has 0 spiro atoms. The smallest absolute Gasteiger partial charge is 0.335 e. The highest BCUT2D eigenvalue weighted by Crippen LogP contribution is 2.14. The maximum absolute atomic E-state index is 10.6. The van der Waals surface area contributed by atoms with Crippen LogP contribution in [0.2, 0.25) is 0 Å². The van der Waals surface area contributed by atoms with Gasteiger partial charge in [0, 0.05) is 0 Å². The van der Waals surface area contributed by atoms with Gasteiger partial charge in [0.15, 0.2) is 0 Å². The Bertz CT molecular complexity index is 364. The summed E-state index contributed by atoms with van der Waals surface area (Å²) in [6, 6.07) is 7.08. The second-order valence-corrected chi connectivity index (χ2v) is 2.61. The van der Waals surface area contributed by atoms with Crippen molar-refractivity contribution in [3.8, 4) is 0 Å². The topological polar surface area (TPSA) is 37.3 Å². The van der Waals surface area contributed by atoms with E-state index < -0.39 is 5.97 Å². The van der Waals surface area contributed by atoms with Gasteiger partial charge in [-0.05, 0) is 17.2 Å². The summed E-state index contributed by atoms with van der Waals surface area (Å²) in [6.07, 6.45) is 1.67. The number of hydrogen-bond donors (Lipinski definition) is 1. The van der Waals surface area contributed by atoms with Gasteiger partial charge in [0.25, 0.3) is 0 Å². The maximum Gasteiger partial charge on any atom is 0.335 e. The SMILES string of the molecule is C=Cc1cccc(C(=C)C(=O)O)c1. The Morgan fingerprint density at radius 3 is 2.69 bits per heavy atom. The minimum absolute atomic E-state index is 0.101. The minimum Gasteiger partial charge on any atom is -0.478 e. The molecule has 0 unspecified atom stereocenters. The van der Waals surface area contributed by atoms with Crippen LogP contribution in [0, 0.1) is 0 Å². The van der Waals surface area contributed by atoms with Crippen LogP contribution < -0.4 is 0 Å². The molecule has 2 nitrogen and oxygen atoms in total. The quantitative estimate of drug-likeness (QED) is 0.714. The number of carbonyl (C=O) groups is 1. The molecule has 0 bridgehead atoms. The Balaban J connectivity index is 3.08. The van der Waals surface area contributed by atoms with Crippen molar-refractivity contribution < 1.29 is 9.90 Å². The number of rotatable bonds is 3. The van der Waals surface area contributed by atoms with Crippen molar-refractivity contribution in [2.45, 2.75) is 0 Å². The molecule has 0 radical (unpaired) electrons. The summed E-state index contributed by atoms with van der Waals surface area (Å²) in [4.78, 5) is 10.6. The number of hydrogen-bond acceptors (Lipinski definition) is 1. The van der Waals surface area contributed by atoms with Crippen molar-refractivity contribution in [3.05, 3.63) is 48.6 Å². The zero-order valence-corrected chi connectivity index (χ0v) is 7.16. The molecule has 2 heteroatoms. The standard InChI is InChI=1S/C11H10O2/c1-3-9-5-4-6-10(7-9)8(2)11(12)13/h3-7H,1-2H2,(H,12,13). The summed E-state index contributed by atoms with van der Waals surface area (Å²) in [5, 5.41) is 8.67. The molecule has 1 aromatic carbocycles. The third kappa shape index (κ3) is 2.06. The van der Waals surface area contributed by atoms with Gasteiger partial charge in [0.05, 0.1) is 5.57 Å². The zero-order valence-electron chi connectivity index (χ0n) is 7.16. The molecule has 0 amide bonds. The van der Waals surface area contributed by atoms with E-state index in [1.807, 2.05) is 6.07 Å². The number of aliphatic carboxylic acids is 1. The molecule has 0 aliphatic heterocycles. The molecule has 0 saturated heterocycles. The first-order valence-electron chi connectivity index (χ1n) is 3.80. The highest BCUT2D eigenvalue weighted by Gasteiger charge is 2.06. The van der Waals surface area contributed by atoms with Gasteiger partial charge < -0.3 is 5.11 Å². The lowest BCUT2D eigenvalue weighted by atomic mass is 10.0. The molecule has 1 N–H and O–H groups in total. The maximum atomic E-state index is 10.6. The second kappa shape index (κ2) is 3.72. The minimum atomic E-state index is -0.999. The second-order valence-electron chi connectivity index (χ2n) is 2.61. The van der Waals surface area contributed by atoms with Gasteiger partial charge in [-0.15, -0.1) is 0 Å². The number of benzene rings is 1. The molecule has 0 aliphatic carbocycles. The molecule has 1 aromatic rings. The van der Waals surface area contributed by atoms with E-state index in [1.165, 1.54) is 0 Å². The Morgan fingerprint density at radius 1 is 1.46 bits per heavy atom. The van der Waals surface area contributed by atoms with Crippen molar-refractivity contribution >= 4 is 17.6 Å². The van der Waals surface area contributed by atoms with Gasteiger partial charge in [-0.3, -0.25) is 0 Å². The molecule has 0 fully saturated rings. The van der Waals surface area contributed by atoms with Crippen LogP contribution in [0.4, 0.5) is 0 Å². The van der Waals surface area contributed by atoms with Crippen LogP contribution in [0.15, 0.2) is 37.4 Å². The van der Waals surface area contributed by atoms with Gasteiger partial charge in [-0.2, -0.15) is 0 Å². The summed E-state index contributed by atoms with van der Waals surface area (Å²) in [5.74, 6) is -0.999. The molecule has 0 heterocycles. The molecule has 1 rings (SSSR count). The highest BCUT2D eigenvalue weighted by atomic mass is 16.4. The van der Waals surface area contributed by atoms with Crippen LogP contribution in [-0.4, -0.2) is 11.1 Å². The molecule has 0 saturated carbocycles. The van der Waals surface area contributed by atoms with Gasteiger partial charge in [0.2, 0.25) is 0 Å². The molecule has 0 aliphatic rings. The summed E-state index contributed by atoms with van der Waals surface area (Å²) in [5.41, 5.74) is 1.61. The first-order chi connectivity index (χ1) is 6.15. The van der Waals surface area contributed by atoms with Gasteiger partial charge in [-0.1, -0.05) is 37.4 Å². The summed E-state index contributed by atoms with van der Waals surface area (Å²) in [6.45, 7) is 7.07. The van der Waals surface area contributed by atoms with E-state index >= 15 is 0 Å². The van der Waals surface area contributed by atoms with E-state index in [-0.39, 0.29) is 5.57 Å². The molecule has 0 atom stereocenters. The third-order valence-corrected chi connectivity index (χ3v) is 1.73. The average Bonchev–Trinajstić information content (AvgIpc) is 2.16. The van der Waals surface area contributed by atoms with Crippen molar-refractivity contribution in [2.75, 3.05) is 0 Å². The van der Waals surface area contributed by atoms with Crippen LogP contribution >= 0.6 is 0 Å². The van der Waals surface area contributed by atoms with Gasteiger partial charge in [-0.25, -0.2) is 4.79 Å². The lowest BCUT2D eigenvalue weighted by Crippen LogP contribution is -1.97. The van der Waals surface area contributed by atoms with Crippen LogP contribution in [0.25, 0.3) is 11.6 Å². The summed E-state index contributed by atoms with van der Waals surface area (Å²) < 4.78 is 0. The summed E-state index contributed by atoms with van der Waals surface area (Å²) in [7, 11) is 0. The van der Waals surface area contributed by atoms with Crippen molar-refractivity contribution in [2.24, 2.45) is 0 Å². The van der Waals surface area contributed by atoms with Crippen molar-refractivity contribution in [1.29, 1.82) is 0 Å². The fourth-order valence-electron chi connectivity index (χ4n) is 0.977. The fourth-order valence-corrected chi connectivity index (χ4v) is 0.977. The van der Waals surface area contributed by atoms with E-state index in [1.54, 1.807) is 24.3 Å². The molecule has 0 aromatic heterocycles. The first-order valence-corrected chi connectivity index (χ1v) is 3.80. The lowest BCUT2D eigenvalue weighted by Gasteiger charge is -2.00. The van der Waals surface area contributed by atoms with Crippen LogP contribution in [0.5, 0.6) is 0 Å². The molecule has 13 heavy (non-hydrogen) atoms. The Kier molecular flexibility index (Phi) is 2.65. The van der Waals surface area contributed by atoms with Crippen molar-refractivity contribution in [1.82, 2.24) is 0 Å². The highest BCUT2D eigenvalue weighted by molar-refractivity contribution is 6.14. The first kappa shape index (κ1) is 9.26. The van der Waals surface area contributed by atoms with E-state index in [9.17, 15) is 4.79 Å². The Hall–Kier alpha value is -1.83. The fraction of sp³-hybridized carbons (Fsp3) is 0. The zero-order chi connectivity index (χ0) is 9.84. The largest absolute Gasteiger partial charge is 0.478 e. The number of carboxylic acids is 1. The summed E-state index contributed by atoms with van der Waals surface area (Å²) >= 11 is 0. The van der Waals surface area contributed by atoms with Gasteiger partial charge in [0.1, 0.15) is 0 Å². The van der Waals surface area contributed by atoms with Crippen LogP contribution in [-0.2, 0) is 4.79 Å². The van der Waals surface area contributed by atoms with E-state index in [0.717, 1.165) is 5.56 Å². The monoisotopic (exact) mass is 174 g/mol. The number of carboxylic acid groups (broad SMARTS) is 1. The Labute approximate surface area is 76.8 Å². The van der Waals surface area contributed by atoms with Crippen molar-refractivity contribution in [3.63, 3.8) is 0 Å². The molecular weight excluding hydrogens is 164 g/mol. The Morgan fingerprint density at radius 2 is 2.15 bits per heavy atom. The predicted octanol–water partition coefficient (Wildman–Crippen LogP) is 2.43. The predicted molar refractivity (Wildman–Crippen MR) is 53.2 cm³/mol. The van der Waals surface area contributed by atoms with E-state index in [0.29, 0.717) is 5.56 Å². The molecular formula is C11H10O2. The van der Waals surface area contributed by atoms with Crippen LogP contribution in [0.3, 0.4) is 0 Å². The van der Waals surface area contributed by atoms with Crippen LogP contribution in [0.1, 0.15) is 11.1 Å². The van der Waals surface area contributed by atoms with E-state index in [4.69, 9.17) is 5.11 Å². The third-order valence-electron chi connectivity index (χ3n) is 1.73. The average molecular weight is 174 g/mol. The molecule has 66 valence electrons. The van der Waals surface area contributed by atoms with Gasteiger partial charge >= 0.3 is 5.97 Å².